The average Bonchev–Trinajstić information content (AvgIpc) is 3.45. The van der Waals surface area contributed by atoms with Crippen molar-refractivity contribution in [2.75, 3.05) is 10.2 Å². The van der Waals surface area contributed by atoms with Crippen molar-refractivity contribution in [3.8, 4) is 0 Å². The molecule has 190 valence electrons. The first-order valence-corrected chi connectivity index (χ1v) is 13.5. The summed E-state index contributed by atoms with van der Waals surface area (Å²) in [7, 11) is 0. The van der Waals surface area contributed by atoms with Crippen LogP contribution < -0.4 is 10.2 Å². The lowest BCUT2D eigenvalue weighted by molar-refractivity contribution is -0.121. The second-order valence-corrected chi connectivity index (χ2v) is 10.9. The zero-order chi connectivity index (χ0) is 26.7. The molecule has 3 aliphatic rings. The second-order valence-electron chi connectivity index (χ2n) is 10.0. The highest BCUT2D eigenvalue weighted by Gasteiger charge is 2.70. The molecule has 1 saturated heterocycles. The Hall–Kier alpha value is -4.36. The monoisotopic (exact) mass is 575 g/mol. The Morgan fingerprint density at radius 1 is 0.846 bits per heavy atom. The van der Waals surface area contributed by atoms with Crippen LogP contribution in [0.5, 0.6) is 0 Å². The molecule has 1 aromatic heterocycles. The van der Waals surface area contributed by atoms with E-state index in [1.165, 1.54) is 0 Å². The van der Waals surface area contributed by atoms with Crippen LogP contribution in [0, 0.1) is 5.92 Å². The summed E-state index contributed by atoms with van der Waals surface area (Å²) >= 11 is 3.45. The van der Waals surface area contributed by atoms with Crippen LogP contribution in [0.3, 0.4) is 0 Å². The molecule has 1 amide bonds. The van der Waals surface area contributed by atoms with Crippen molar-refractivity contribution >= 4 is 50.9 Å². The topological polar surface area (TPSA) is 79.4 Å². The number of halogens is 1. The lowest BCUT2D eigenvalue weighted by atomic mass is 9.64. The molecule has 1 spiro atoms. The van der Waals surface area contributed by atoms with Gasteiger partial charge >= 0.3 is 0 Å². The number of hydrogen-bond acceptors (Lipinski definition) is 5. The number of hydrogen-bond donors (Lipinski definition) is 1. The molecule has 3 aromatic carbocycles. The standard InChI is InChI=1S/C32H22BrN3O3/c33-22-12-9-20(10-13-22)29(37)27-28(30(38)21-15-17-34-18-16-21)36-25-8-4-1-5-19(25)11-14-26(36)32(27)23-6-2-3-7-24(23)35-31(32)39/h1-18,26-28H,(H,35,39)/t26-,27+,28-,32+/m0/s1. The number of Topliss-reactive ketones (excluding diaryl/α,β-unsaturated/α-hetero) is 2. The number of benzene rings is 3. The Morgan fingerprint density at radius 2 is 1.54 bits per heavy atom. The fourth-order valence-corrected chi connectivity index (χ4v) is 6.86. The van der Waals surface area contributed by atoms with Gasteiger partial charge in [-0.25, -0.2) is 0 Å². The molecule has 1 fully saturated rings. The first kappa shape index (κ1) is 23.7. The number of pyridine rings is 1. The lowest BCUT2D eigenvalue weighted by Gasteiger charge is -2.37. The number of para-hydroxylation sites is 2. The minimum absolute atomic E-state index is 0.225. The summed E-state index contributed by atoms with van der Waals surface area (Å²) in [5.41, 5.74) is 2.72. The highest BCUT2D eigenvalue weighted by Crippen LogP contribution is 2.58. The molecular weight excluding hydrogens is 554 g/mol. The summed E-state index contributed by atoms with van der Waals surface area (Å²) in [6, 6.07) is 24.2. The fourth-order valence-electron chi connectivity index (χ4n) is 6.60. The van der Waals surface area contributed by atoms with E-state index < -0.39 is 23.4 Å². The third-order valence-corrected chi connectivity index (χ3v) is 8.72. The number of nitrogens with zero attached hydrogens (tertiary/aromatic N) is 2. The number of nitrogens with one attached hydrogen (secondary N) is 1. The Morgan fingerprint density at radius 3 is 2.33 bits per heavy atom. The normalized spacial score (nSPS) is 24.2. The van der Waals surface area contributed by atoms with Crippen LogP contribution in [-0.2, 0) is 10.2 Å². The molecule has 6 nitrogen and oxygen atoms in total. The Bertz CT molecular complexity index is 1680. The van der Waals surface area contributed by atoms with E-state index in [0.717, 1.165) is 21.3 Å². The van der Waals surface area contributed by atoms with E-state index in [2.05, 4.69) is 26.2 Å². The van der Waals surface area contributed by atoms with Crippen LogP contribution in [0.2, 0.25) is 0 Å². The predicted octanol–water partition coefficient (Wildman–Crippen LogP) is 5.70. The predicted molar refractivity (Wildman–Crippen MR) is 153 cm³/mol. The highest BCUT2D eigenvalue weighted by molar-refractivity contribution is 9.10. The van der Waals surface area contributed by atoms with Gasteiger partial charge in [0, 0.05) is 39.4 Å². The minimum atomic E-state index is -1.32. The van der Waals surface area contributed by atoms with Crippen LogP contribution in [0.15, 0.2) is 108 Å². The number of fused-ring (bicyclic) bond motifs is 6. The van der Waals surface area contributed by atoms with Gasteiger partial charge in [-0.05, 0) is 47.5 Å². The number of ketones is 2. The van der Waals surface area contributed by atoms with Gasteiger partial charge in [-0.3, -0.25) is 19.4 Å². The molecule has 39 heavy (non-hydrogen) atoms. The fraction of sp³-hybridized carbons (Fsp3) is 0.125. The number of amides is 1. The molecule has 0 bridgehead atoms. The molecule has 4 aromatic rings. The van der Waals surface area contributed by atoms with Gasteiger partial charge in [-0.1, -0.05) is 76.6 Å². The van der Waals surface area contributed by atoms with Crippen molar-refractivity contribution in [2.45, 2.75) is 17.5 Å². The van der Waals surface area contributed by atoms with Gasteiger partial charge < -0.3 is 10.2 Å². The van der Waals surface area contributed by atoms with Gasteiger partial charge in [0.15, 0.2) is 11.6 Å². The summed E-state index contributed by atoms with van der Waals surface area (Å²) in [4.78, 5) is 49.5. The number of rotatable bonds is 4. The van der Waals surface area contributed by atoms with Crippen molar-refractivity contribution in [2.24, 2.45) is 5.92 Å². The van der Waals surface area contributed by atoms with Crippen LogP contribution in [-0.4, -0.2) is 34.5 Å². The van der Waals surface area contributed by atoms with Gasteiger partial charge in [0.25, 0.3) is 0 Å². The molecule has 7 rings (SSSR count). The Kier molecular flexibility index (Phi) is 5.39. The number of aromatic nitrogens is 1. The number of anilines is 2. The highest BCUT2D eigenvalue weighted by atomic mass is 79.9. The van der Waals surface area contributed by atoms with E-state index in [-0.39, 0.29) is 17.5 Å². The Balaban J connectivity index is 1.54. The molecule has 1 N–H and O–H groups in total. The smallest absolute Gasteiger partial charge is 0.238 e. The zero-order valence-corrected chi connectivity index (χ0v) is 22.2. The zero-order valence-electron chi connectivity index (χ0n) is 20.6. The summed E-state index contributed by atoms with van der Waals surface area (Å²) in [5, 5.41) is 3.05. The maximum absolute atomic E-state index is 14.7. The first-order chi connectivity index (χ1) is 19.0. The minimum Gasteiger partial charge on any atom is -0.352 e. The molecule has 4 atom stereocenters. The summed E-state index contributed by atoms with van der Waals surface area (Å²) in [6.07, 6.45) is 7.11. The van der Waals surface area contributed by atoms with Crippen LogP contribution in [0.1, 0.15) is 31.8 Å². The largest absolute Gasteiger partial charge is 0.352 e. The van der Waals surface area contributed by atoms with Gasteiger partial charge in [0.2, 0.25) is 5.91 Å². The van der Waals surface area contributed by atoms with Gasteiger partial charge in [0.05, 0.1) is 12.0 Å². The molecular formula is C32H22BrN3O3. The number of carbonyl (C=O) groups excluding carboxylic acids is 3. The van der Waals surface area contributed by atoms with Gasteiger partial charge in [-0.2, -0.15) is 0 Å². The van der Waals surface area contributed by atoms with E-state index in [1.807, 2.05) is 65.6 Å². The molecule has 7 heteroatoms. The third kappa shape index (κ3) is 3.32. The maximum atomic E-state index is 14.7. The first-order valence-electron chi connectivity index (χ1n) is 12.7. The second kappa shape index (κ2) is 8.85. The summed E-state index contributed by atoms with van der Waals surface area (Å²) in [6.45, 7) is 0. The van der Waals surface area contributed by atoms with Crippen molar-refractivity contribution in [1.29, 1.82) is 0 Å². The molecule has 0 radical (unpaired) electrons. The van der Waals surface area contributed by atoms with Crippen molar-refractivity contribution in [1.82, 2.24) is 4.98 Å². The quantitative estimate of drug-likeness (QED) is 0.316. The Labute approximate surface area is 233 Å². The third-order valence-electron chi connectivity index (χ3n) is 8.19. The van der Waals surface area contributed by atoms with Crippen molar-refractivity contribution < 1.29 is 14.4 Å². The average molecular weight is 576 g/mol. The molecule has 4 heterocycles. The van der Waals surface area contributed by atoms with Gasteiger partial charge in [-0.15, -0.1) is 0 Å². The van der Waals surface area contributed by atoms with E-state index in [0.29, 0.717) is 16.8 Å². The lowest BCUT2D eigenvalue weighted by Crippen LogP contribution is -2.51. The summed E-state index contributed by atoms with van der Waals surface area (Å²) in [5.74, 6) is -1.74. The van der Waals surface area contributed by atoms with Crippen LogP contribution in [0.4, 0.5) is 11.4 Å². The molecule has 0 aliphatic carbocycles. The van der Waals surface area contributed by atoms with Crippen LogP contribution >= 0.6 is 15.9 Å². The molecule has 0 saturated carbocycles. The van der Waals surface area contributed by atoms with E-state index >= 15 is 0 Å². The SMILES string of the molecule is O=C(c1ccncc1)[C@@H]1[C@H](C(=O)c2ccc(Br)cc2)[C@]2(C(=O)Nc3ccccc32)[C@@H]2C=Cc3ccccc3N12. The molecule has 0 unspecified atom stereocenters. The van der Waals surface area contributed by atoms with Crippen LogP contribution in [0.25, 0.3) is 6.08 Å². The van der Waals surface area contributed by atoms with E-state index in [9.17, 15) is 14.4 Å². The number of carbonyl (C=O) groups is 3. The molecule has 3 aliphatic heterocycles. The van der Waals surface area contributed by atoms with Gasteiger partial charge in [0.1, 0.15) is 11.5 Å². The summed E-state index contributed by atoms with van der Waals surface area (Å²) < 4.78 is 0.836. The van der Waals surface area contributed by atoms with Crippen molar-refractivity contribution in [3.63, 3.8) is 0 Å². The van der Waals surface area contributed by atoms with E-state index in [1.54, 1.807) is 48.8 Å². The maximum Gasteiger partial charge on any atom is 0.238 e. The van der Waals surface area contributed by atoms with E-state index in [4.69, 9.17) is 0 Å². The van der Waals surface area contributed by atoms with Crippen molar-refractivity contribution in [3.05, 3.63) is 130 Å².